The van der Waals surface area contributed by atoms with Crippen molar-refractivity contribution in [1.82, 2.24) is 4.90 Å². The zero-order valence-corrected chi connectivity index (χ0v) is 18.5. The van der Waals surface area contributed by atoms with E-state index < -0.39 is 0 Å². The van der Waals surface area contributed by atoms with E-state index in [9.17, 15) is 10.1 Å². The summed E-state index contributed by atoms with van der Waals surface area (Å²) >= 11 is 9.46. The largest absolute Gasteiger partial charge is 0.378 e. The van der Waals surface area contributed by atoms with Crippen LogP contribution in [0.25, 0.3) is 0 Å². The third-order valence-electron chi connectivity index (χ3n) is 5.14. The summed E-state index contributed by atoms with van der Waals surface area (Å²) in [7, 11) is 0. The standard InChI is InChI=1S/C21H25BrClN3O2/c1-14(2)7-8-25-13-16-10-17(22)11-20(26(27)28)21(16)24-12-19(25)9-15-3-5-18(23)6-4-15/h3-6,10-11,14,19,24H,7-9,12-13H2,1-2H3. The van der Waals surface area contributed by atoms with Gasteiger partial charge in [0.05, 0.1) is 4.92 Å². The Morgan fingerprint density at radius 1 is 1.32 bits per heavy atom. The van der Waals surface area contributed by atoms with Gasteiger partial charge in [-0.1, -0.05) is 53.5 Å². The van der Waals surface area contributed by atoms with Crippen molar-refractivity contribution in [1.29, 1.82) is 0 Å². The van der Waals surface area contributed by atoms with Gasteiger partial charge >= 0.3 is 0 Å². The molecule has 0 saturated carbocycles. The minimum atomic E-state index is -0.311. The Morgan fingerprint density at radius 2 is 2.04 bits per heavy atom. The Bertz CT molecular complexity index is 842. The molecule has 150 valence electrons. The summed E-state index contributed by atoms with van der Waals surface area (Å²) in [6.45, 7) is 6.75. The normalized spacial score (nSPS) is 17.1. The van der Waals surface area contributed by atoms with Gasteiger partial charge in [-0.3, -0.25) is 15.0 Å². The topological polar surface area (TPSA) is 58.4 Å². The van der Waals surface area contributed by atoms with Gasteiger partial charge < -0.3 is 5.32 Å². The molecule has 0 spiro atoms. The van der Waals surface area contributed by atoms with Crippen LogP contribution in [0.5, 0.6) is 0 Å². The molecule has 2 aromatic carbocycles. The summed E-state index contributed by atoms with van der Waals surface area (Å²) < 4.78 is 0.736. The molecule has 0 saturated heterocycles. The molecule has 0 aromatic heterocycles. The van der Waals surface area contributed by atoms with Crippen LogP contribution in [0.2, 0.25) is 5.02 Å². The molecule has 0 fully saturated rings. The molecule has 0 bridgehead atoms. The predicted molar refractivity (Wildman–Crippen MR) is 118 cm³/mol. The number of nitro benzene ring substituents is 1. The van der Waals surface area contributed by atoms with Gasteiger partial charge in [-0.15, -0.1) is 0 Å². The summed E-state index contributed by atoms with van der Waals surface area (Å²) in [5.41, 5.74) is 2.94. The van der Waals surface area contributed by atoms with Crippen LogP contribution in [0.3, 0.4) is 0 Å². The number of hydrogen-bond donors (Lipinski definition) is 1. The molecule has 0 aliphatic carbocycles. The predicted octanol–water partition coefficient (Wildman–Crippen LogP) is 5.90. The first kappa shape index (κ1) is 21.1. The van der Waals surface area contributed by atoms with Crippen LogP contribution >= 0.6 is 27.5 Å². The molecule has 2 aromatic rings. The molecule has 1 heterocycles. The fraction of sp³-hybridized carbons (Fsp3) is 0.429. The highest BCUT2D eigenvalue weighted by Crippen LogP contribution is 2.35. The van der Waals surface area contributed by atoms with E-state index in [0.29, 0.717) is 24.7 Å². The molecule has 1 unspecified atom stereocenters. The molecule has 7 heteroatoms. The van der Waals surface area contributed by atoms with Crippen molar-refractivity contribution in [3.8, 4) is 0 Å². The highest BCUT2D eigenvalue weighted by Gasteiger charge is 2.28. The molecule has 5 nitrogen and oxygen atoms in total. The maximum Gasteiger partial charge on any atom is 0.293 e. The van der Waals surface area contributed by atoms with Crippen molar-refractivity contribution in [2.45, 2.75) is 39.3 Å². The lowest BCUT2D eigenvalue weighted by molar-refractivity contribution is -0.384. The van der Waals surface area contributed by atoms with Crippen LogP contribution in [0.15, 0.2) is 40.9 Å². The van der Waals surface area contributed by atoms with Crippen LogP contribution in [0, 0.1) is 16.0 Å². The van der Waals surface area contributed by atoms with E-state index >= 15 is 0 Å². The van der Waals surface area contributed by atoms with Crippen LogP contribution in [-0.4, -0.2) is 29.0 Å². The number of nitro groups is 1. The number of fused-ring (bicyclic) bond motifs is 1. The van der Waals surface area contributed by atoms with Gasteiger partial charge in [-0.2, -0.15) is 0 Å². The number of rotatable bonds is 6. The van der Waals surface area contributed by atoms with Gasteiger partial charge in [0.25, 0.3) is 5.69 Å². The first-order chi connectivity index (χ1) is 13.3. The fourth-order valence-corrected chi connectivity index (χ4v) is 4.22. The molecular weight excluding hydrogens is 442 g/mol. The SMILES string of the molecule is CC(C)CCN1Cc2cc(Br)cc([N+](=O)[O-])c2NCC1Cc1ccc(Cl)cc1. The average Bonchev–Trinajstić information content (AvgIpc) is 2.80. The molecule has 1 aliphatic heterocycles. The van der Waals surface area contributed by atoms with E-state index in [-0.39, 0.29) is 16.7 Å². The Hall–Kier alpha value is -1.63. The van der Waals surface area contributed by atoms with E-state index in [2.05, 4.69) is 52.1 Å². The molecule has 28 heavy (non-hydrogen) atoms. The van der Waals surface area contributed by atoms with Crippen LogP contribution in [-0.2, 0) is 13.0 Å². The molecule has 1 atom stereocenters. The zero-order chi connectivity index (χ0) is 20.3. The van der Waals surface area contributed by atoms with E-state index in [4.69, 9.17) is 11.6 Å². The fourth-order valence-electron chi connectivity index (χ4n) is 3.60. The lowest BCUT2D eigenvalue weighted by atomic mass is 10.0. The van der Waals surface area contributed by atoms with E-state index in [1.165, 1.54) is 5.56 Å². The number of nitrogens with zero attached hydrogens (tertiary/aromatic N) is 2. The van der Waals surface area contributed by atoms with Gasteiger partial charge in [0.15, 0.2) is 0 Å². The summed E-state index contributed by atoms with van der Waals surface area (Å²) in [5.74, 6) is 0.601. The number of halogens is 2. The van der Waals surface area contributed by atoms with Crippen molar-refractivity contribution in [2.75, 3.05) is 18.4 Å². The maximum atomic E-state index is 11.6. The monoisotopic (exact) mass is 465 g/mol. The smallest absolute Gasteiger partial charge is 0.293 e. The Morgan fingerprint density at radius 3 is 2.68 bits per heavy atom. The van der Waals surface area contributed by atoms with Gasteiger partial charge in [0.2, 0.25) is 0 Å². The highest BCUT2D eigenvalue weighted by molar-refractivity contribution is 9.10. The van der Waals surface area contributed by atoms with Crippen LogP contribution in [0.4, 0.5) is 11.4 Å². The van der Waals surface area contributed by atoms with Gasteiger partial charge in [-0.25, -0.2) is 0 Å². The molecule has 3 rings (SSSR count). The van der Waals surface area contributed by atoms with Gasteiger partial charge in [-0.05, 0) is 54.6 Å². The van der Waals surface area contributed by atoms with Crippen molar-refractivity contribution in [3.63, 3.8) is 0 Å². The number of hydrogen-bond acceptors (Lipinski definition) is 4. The van der Waals surface area contributed by atoms with Gasteiger partial charge in [0.1, 0.15) is 5.69 Å². The van der Waals surface area contributed by atoms with E-state index in [1.54, 1.807) is 6.07 Å². The molecular formula is C21H25BrClN3O2. The Balaban J connectivity index is 1.90. The summed E-state index contributed by atoms with van der Waals surface area (Å²) in [4.78, 5) is 13.7. The number of benzene rings is 2. The zero-order valence-electron chi connectivity index (χ0n) is 16.1. The first-order valence-electron chi connectivity index (χ1n) is 9.52. The van der Waals surface area contributed by atoms with Crippen LogP contribution < -0.4 is 5.32 Å². The second-order valence-electron chi connectivity index (χ2n) is 7.73. The van der Waals surface area contributed by atoms with Crippen molar-refractivity contribution < 1.29 is 4.92 Å². The highest BCUT2D eigenvalue weighted by atomic mass is 79.9. The summed E-state index contributed by atoms with van der Waals surface area (Å²) in [6, 6.07) is 11.7. The molecule has 0 radical (unpaired) electrons. The Kier molecular flexibility index (Phi) is 6.96. The maximum absolute atomic E-state index is 11.6. The van der Waals surface area contributed by atoms with Crippen molar-refractivity contribution >= 4 is 38.9 Å². The average molecular weight is 467 g/mol. The van der Waals surface area contributed by atoms with E-state index in [0.717, 1.165) is 34.4 Å². The van der Waals surface area contributed by atoms with Crippen LogP contribution in [0.1, 0.15) is 31.4 Å². The Labute approximate surface area is 179 Å². The molecule has 1 aliphatic rings. The lowest BCUT2D eigenvalue weighted by Gasteiger charge is -2.30. The second kappa shape index (κ2) is 9.25. The number of nitrogens with one attached hydrogen (secondary N) is 1. The van der Waals surface area contributed by atoms with Crippen molar-refractivity contribution in [3.05, 3.63) is 67.1 Å². The minimum absolute atomic E-state index is 0.125. The molecule has 0 amide bonds. The third-order valence-corrected chi connectivity index (χ3v) is 5.85. The third kappa shape index (κ3) is 5.25. The van der Waals surface area contributed by atoms with E-state index in [1.807, 2.05) is 18.2 Å². The lowest BCUT2D eigenvalue weighted by Crippen LogP contribution is -2.40. The van der Waals surface area contributed by atoms with Crippen molar-refractivity contribution in [2.24, 2.45) is 5.92 Å². The number of anilines is 1. The summed E-state index contributed by atoms with van der Waals surface area (Å²) in [6.07, 6.45) is 1.95. The minimum Gasteiger partial charge on any atom is -0.378 e. The second-order valence-corrected chi connectivity index (χ2v) is 9.09. The summed E-state index contributed by atoms with van der Waals surface area (Å²) in [5, 5.41) is 15.7. The van der Waals surface area contributed by atoms with Gasteiger partial charge in [0, 0.05) is 34.7 Å². The first-order valence-corrected chi connectivity index (χ1v) is 10.7. The molecule has 1 N–H and O–H groups in total. The quantitative estimate of drug-likeness (QED) is 0.425.